The summed E-state index contributed by atoms with van der Waals surface area (Å²) in [4.78, 5) is 12.3. The summed E-state index contributed by atoms with van der Waals surface area (Å²) in [6.45, 7) is 2.15. The molecule has 1 aromatic heterocycles. The Bertz CT molecular complexity index is 728. The number of hydrogen-bond donors (Lipinski definition) is 1. The number of nitrogens with zero attached hydrogens (tertiary/aromatic N) is 2. The van der Waals surface area contributed by atoms with Crippen molar-refractivity contribution in [3.63, 3.8) is 0 Å². The summed E-state index contributed by atoms with van der Waals surface area (Å²) in [5.41, 5.74) is 0.460. The number of ether oxygens (including phenoxy) is 3. The third-order valence-corrected chi connectivity index (χ3v) is 3.85. The molecule has 7 heteroatoms. The molecule has 2 aliphatic rings. The lowest BCUT2D eigenvalue weighted by atomic mass is 10.2. The molecule has 1 unspecified atom stereocenters. The van der Waals surface area contributed by atoms with Gasteiger partial charge in [0.25, 0.3) is 5.91 Å². The van der Waals surface area contributed by atoms with E-state index < -0.39 is 0 Å². The van der Waals surface area contributed by atoms with Gasteiger partial charge in [0.2, 0.25) is 5.88 Å². The molecular weight excluding hydrogens is 298 g/mol. The lowest BCUT2D eigenvalue weighted by Gasteiger charge is -2.26. The van der Waals surface area contributed by atoms with E-state index in [-0.39, 0.29) is 12.0 Å². The Hall–Kier alpha value is -2.70. The fraction of sp³-hybridized carbons (Fsp3) is 0.375. The van der Waals surface area contributed by atoms with Crippen molar-refractivity contribution in [1.82, 2.24) is 15.1 Å². The molecule has 0 fully saturated rings. The largest absolute Gasteiger partial charge is 0.486 e. The van der Waals surface area contributed by atoms with E-state index in [9.17, 15) is 4.79 Å². The number of amides is 1. The molecule has 1 atom stereocenters. The van der Waals surface area contributed by atoms with Crippen LogP contribution in [0.1, 0.15) is 16.8 Å². The Morgan fingerprint density at radius 2 is 2.17 bits per heavy atom. The molecule has 2 aliphatic heterocycles. The molecule has 0 radical (unpaired) electrons. The van der Waals surface area contributed by atoms with E-state index >= 15 is 0 Å². The summed E-state index contributed by atoms with van der Waals surface area (Å²) in [7, 11) is 0. The highest BCUT2D eigenvalue weighted by Crippen LogP contribution is 2.30. The van der Waals surface area contributed by atoms with Gasteiger partial charge in [-0.25, -0.2) is 4.68 Å². The Morgan fingerprint density at radius 1 is 1.30 bits per heavy atom. The van der Waals surface area contributed by atoms with E-state index in [0.29, 0.717) is 37.0 Å². The van der Waals surface area contributed by atoms with Crippen LogP contribution in [0.3, 0.4) is 0 Å². The van der Waals surface area contributed by atoms with Crippen LogP contribution in [0.15, 0.2) is 30.5 Å². The van der Waals surface area contributed by atoms with Crippen molar-refractivity contribution in [3.05, 3.63) is 36.0 Å². The number of benzene rings is 1. The summed E-state index contributed by atoms with van der Waals surface area (Å²) >= 11 is 0. The Kier molecular flexibility index (Phi) is 3.53. The third-order valence-electron chi connectivity index (χ3n) is 3.85. The highest BCUT2D eigenvalue weighted by atomic mass is 16.6. The van der Waals surface area contributed by atoms with Crippen LogP contribution < -0.4 is 19.5 Å². The van der Waals surface area contributed by atoms with Crippen LogP contribution >= 0.6 is 0 Å². The normalized spacial score (nSPS) is 18.7. The van der Waals surface area contributed by atoms with Gasteiger partial charge in [0.15, 0.2) is 11.5 Å². The SMILES string of the molecule is O=C(NCC1COc2ccccc2O1)c1cnn2c1OCCC2. The van der Waals surface area contributed by atoms with Crippen molar-refractivity contribution >= 4 is 5.91 Å². The van der Waals surface area contributed by atoms with Crippen molar-refractivity contribution < 1.29 is 19.0 Å². The first-order chi connectivity index (χ1) is 11.3. The molecule has 0 spiro atoms. The maximum atomic E-state index is 12.3. The Balaban J connectivity index is 1.38. The van der Waals surface area contributed by atoms with Gasteiger partial charge in [0, 0.05) is 13.0 Å². The van der Waals surface area contributed by atoms with E-state index in [1.54, 1.807) is 10.9 Å². The first kappa shape index (κ1) is 13.9. The standard InChI is InChI=1S/C16H17N3O4/c20-15(12-9-18-19-6-3-7-21-16(12)19)17-8-11-10-22-13-4-1-2-5-14(13)23-11/h1-2,4-5,9,11H,3,6-8,10H2,(H,17,20). The monoisotopic (exact) mass is 315 g/mol. The molecule has 2 aromatic rings. The van der Waals surface area contributed by atoms with Gasteiger partial charge in [-0.2, -0.15) is 5.10 Å². The summed E-state index contributed by atoms with van der Waals surface area (Å²) in [6, 6.07) is 7.50. The van der Waals surface area contributed by atoms with Crippen molar-refractivity contribution in [2.45, 2.75) is 19.1 Å². The predicted molar refractivity (Wildman–Crippen MR) is 81.0 cm³/mol. The molecule has 3 heterocycles. The van der Waals surface area contributed by atoms with Gasteiger partial charge in [-0.15, -0.1) is 0 Å². The van der Waals surface area contributed by atoms with Crippen molar-refractivity contribution in [3.8, 4) is 17.4 Å². The number of aryl methyl sites for hydroxylation is 1. The number of hydrogen-bond acceptors (Lipinski definition) is 5. The van der Waals surface area contributed by atoms with Gasteiger partial charge in [-0.05, 0) is 12.1 Å². The number of rotatable bonds is 3. The van der Waals surface area contributed by atoms with Crippen LogP contribution in [-0.2, 0) is 6.54 Å². The van der Waals surface area contributed by atoms with E-state index in [2.05, 4.69) is 10.4 Å². The second-order valence-corrected chi connectivity index (χ2v) is 5.50. The van der Waals surface area contributed by atoms with Gasteiger partial charge in [0.05, 0.1) is 19.3 Å². The molecule has 120 valence electrons. The number of para-hydroxylation sites is 2. The maximum absolute atomic E-state index is 12.3. The van der Waals surface area contributed by atoms with Crippen molar-refractivity contribution in [2.75, 3.05) is 19.8 Å². The predicted octanol–water partition coefficient (Wildman–Crippen LogP) is 1.24. The van der Waals surface area contributed by atoms with Gasteiger partial charge in [0.1, 0.15) is 18.3 Å². The van der Waals surface area contributed by atoms with E-state index in [4.69, 9.17) is 14.2 Å². The molecule has 1 amide bonds. The number of carbonyl (C=O) groups excluding carboxylic acids is 1. The highest BCUT2D eigenvalue weighted by molar-refractivity contribution is 5.96. The first-order valence-corrected chi connectivity index (χ1v) is 7.66. The molecule has 0 bridgehead atoms. The van der Waals surface area contributed by atoms with Crippen LogP contribution in [0.4, 0.5) is 0 Å². The van der Waals surface area contributed by atoms with Gasteiger partial charge < -0.3 is 19.5 Å². The third kappa shape index (κ3) is 2.69. The molecule has 0 aliphatic carbocycles. The first-order valence-electron chi connectivity index (χ1n) is 7.66. The number of carbonyl (C=O) groups is 1. The van der Waals surface area contributed by atoms with Crippen LogP contribution in [-0.4, -0.2) is 41.6 Å². The summed E-state index contributed by atoms with van der Waals surface area (Å²) < 4.78 is 18.7. The highest BCUT2D eigenvalue weighted by Gasteiger charge is 2.24. The zero-order chi connectivity index (χ0) is 15.6. The lowest BCUT2D eigenvalue weighted by Crippen LogP contribution is -2.40. The Morgan fingerprint density at radius 3 is 3.09 bits per heavy atom. The maximum Gasteiger partial charge on any atom is 0.258 e. The van der Waals surface area contributed by atoms with Crippen LogP contribution in [0, 0.1) is 0 Å². The molecule has 4 rings (SSSR count). The van der Waals surface area contributed by atoms with Gasteiger partial charge in [-0.3, -0.25) is 4.79 Å². The second kappa shape index (κ2) is 5.83. The number of fused-ring (bicyclic) bond motifs is 2. The lowest BCUT2D eigenvalue weighted by molar-refractivity contribution is 0.0786. The Labute approximate surface area is 133 Å². The quantitative estimate of drug-likeness (QED) is 0.922. The topological polar surface area (TPSA) is 74.6 Å². The minimum absolute atomic E-state index is 0.212. The van der Waals surface area contributed by atoms with E-state index in [1.165, 1.54) is 0 Å². The van der Waals surface area contributed by atoms with Crippen LogP contribution in [0.5, 0.6) is 17.4 Å². The fourth-order valence-corrected chi connectivity index (χ4v) is 2.69. The van der Waals surface area contributed by atoms with Gasteiger partial charge >= 0.3 is 0 Å². The summed E-state index contributed by atoms with van der Waals surface area (Å²) in [6.07, 6.45) is 2.23. The van der Waals surface area contributed by atoms with Gasteiger partial charge in [-0.1, -0.05) is 12.1 Å². The van der Waals surface area contributed by atoms with Crippen molar-refractivity contribution in [1.29, 1.82) is 0 Å². The summed E-state index contributed by atoms with van der Waals surface area (Å²) in [5.74, 6) is 1.76. The second-order valence-electron chi connectivity index (χ2n) is 5.50. The average molecular weight is 315 g/mol. The molecular formula is C16H17N3O4. The number of aromatic nitrogens is 2. The molecule has 1 aromatic carbocycles. The number of nitrogens with one attached hydrogen (secondary N) is 1. The smallest absolute Gasteiger partial charge is 0.258 e. The van der Waals surface area contributed by atoms with Crippen LogP contribution in [0.25, 0.3) is 0 Å². The molecule has 0 saturated carbocycles. The van der Waals surface area contributed by atoms with Crippen molar-refractivity contribution in [2.24, 2.45) is 0 Å². The average Bonchev–Trinajstić information content (AvgIpc) is 3.03. The minimum atomic E-state index is -0.221. The molecule has 0 saturated heterocycles. The molecule has 1 N–H and O–H groups in total. The van der Waals surface area contributed by atoms with E-state index in [0.717, 1.165) is 18.7 Å². The zero-order valence-corrected chi connectivity index (χ0v) is 12.5. The van der Waals surface area contributed by atoms with Crippen LogP contribution in [0.2, 0.25) is 0 Å². The zero-order valence-electron chi connectivity index (χ0n) is 12.5. The fourth-order valence-electron chi connectivity index (χ4n) is 2.69. The summed E-state index contributed by atoms with van der Waals surface area (Å²) in [5, 5.41) is 7.04. The van der Waals surface area contributed by atoms with E-state index in [1.807, 2.05) is 24.3 Å². The molecule has 23 heavy (non-hydrogen) atoms. The molecule has 7 nitrogen and oxygen atoms in total. The minimum Gasteiger partial charge on any atom is -0.486 e.